The number of carbonyl (C=O) groups excluding carboxylic acids is 1. The molecule has 0 unspecified atom stereocenters. The van der Waals surface area contributed by atoms with Gasteiger partial charge in [-0.2, -0.15) is 0 Å². The van der Waals surface area contributed by atoms with Crippen molar-refractivity contribution in [2.24, 2.45) is 11.7 Å². The van der Waals surface area contributed by atoms with Gasteiger partial charge in [-0.15, -0.1) is 0 Å². The van der Waals surface area contributed by atoms with E-state index in [1.54, 1.807) is 16.6 Å². The summed E-state index contributed by atoms with van der Waals surface area (Å²) in [5.74, 6) is 11.0. The number of aryl methyl sites for hydroxylation is 2. The fourth-order valence-electron chi connectivity index (χ4n) is 1.97. The quantitative estimate of drug-likeness (QED) is 0.331. The van der Waals surface area contributed by atoms with Crippen LogP contribution >= 0.6 is 0 Å². The number of hydrogen-bond donors (Lipinski definition) is 3. The Morgan fingerprint density at radius 2 is 1.88 bits per heavy atom. The summed E-state index contributed by atoms with van der Waals surface area (Å²) in [5, 5.41) is 1.60. The molecule has 2 rings (SSSR count). The van der Waals surface area contributed by atoms with Gasteiger partial charge in [-0.25, -0.2) is 11.7 Å². The van der Waals surface area contributed by atoms with Crippen LogP contribution in [0, 0.1) is 13.8 Å². The van der Waals surface area contributed by atoms with Gasteiger partial charge in [0.2, 0.25) is 6.41 Å². The number of nitrogens with two attached hydrogens (primary N) is 2. The van der Waals surface area contributed by atoms with Crippen LogP contribution in [0.3, 0.4) is 0 Å². The van der Waals surface area contributed by atoms with Crippen LogP contribution in [0.5, 0.6) is 5.75 Å². The van der Waals surface area contributed by atoms with E-state index in [2.05, 4.69) is 10.8 Å². The van der Waals surface area contributed by atoms with E-state index in [-0.39, 0.29) is 0 Å². The summed E-state index contributed by atoms with van der Waals surface area (Å²) in [6, 6.07) is 9.93. The van der Waals surface area contributed by atoms with Crippen LogP contribution in [0.2, 0.25) is 0 Å². The molecule has 0 radical (unpaired) electrons. The Balaban J connectivity index is 0.000000845. The molecule has 1 aromatic carbocycles. The number of hydrogen-bond acceptors (Lipinski definition) is 6. The van der Waals surface area contributed by atoms with Crippen molar-refractivity contribution in [3.05, 3.63) is 53.3 Å². The summed E-state index contributed by atoms with van der Waals surface area (Å²) in [6.45, 7) is 8.46. The Morgan fingerprint density at radius 3 is 2.40 bits per heavy atom. The first-order valence-corrected chi connectivity index (χ1v) is 8.01. The van der Waals surface area contributed by atoms with Gasteiger partial charge in [0.15, 0.2) is 0 Å². The summed E-state index contributed by atoms with van der Waals surface area (Å²) in [5.41, 5.74) is 5.84. The van der Waals surface area contributed by atoms with Crippen molar-refractivity contribution < 1.29 is 9.53 Å². The second-order valence-electron chi connectivity index (χ2n) is 4.90. The Kier molecular flexibility index (Phi) is 11.4. The molecule has 7 heteroatoms. The van der Waals surface area contributed by atoms with Crippen molar-refractivity contribution in [2.75, 3.05) is 12.1 Å². The minimum Gasteiger partial charge on any atom is -0.487 e. The maximum atomic E-state index is 8.94. The van der Waals surface area contributed by atoms with Gasteiger partial charge in [0.05, 0.1) is 11.9 Å². The molecule has 1 amide bonds. The molecule has 0 aliphatic heterocycles. The highest BCUT2D eigenvalue weighted by Crippen LogP contribution is 2.22. The predicted octanol–water partition coefficient (Wildman–Crippen LogP) is 2.22. The number of pyridine rings is 1. The molecule has 0 aliphatic carbocycles. The number of nitrogens with zero attached hydrogens (tertiary/aromatic N) is 2. The molecular weight excluding hydrogens is 318 g/mol. The van der Waals surface area contributed by atoms with E-state index in [4.69, 9.17) is 15.4 Å². The summed E-state index contributed by atoms with van der Waals surface area (Å²) >= 11 is 0. The third-order valence-electron chi connectivity index (χ3n) is 3.02. The van der Waals surface area contributed by atoms with Gasteiger partial charge in [0.1, 0.15) is 12.4 Å². The van der Waals surface area contributed by atoms with Crippen molar-refractivity contribution in [3.8, 4) is 5.75 Å². The maximum absolute atomic E-state index is 8.94. The van der Waals surface area contributed by atoms with Gasteiger partial charge in [0, 0.05) is 18.3 Å². The van der Waals surface area contributed by atoms with Crippen LogP contribution in [-0.2, 0) is 11.4 Å². The average molecular weight is 347 g/mol. The largest absolute Gasteiger partial charge is 0.487 e. The lowest BCUT2D eigenvalue weighted by Gasteiger charge is -2.17. The highest BCUT2D eigenvalue weighted by Gasteiger charge is 2.06. The van der Waals surface area contributed by atoms with E-state index >= 15 is 0 Å². The SMILES string of the molecule is CC.Cc1cc(C)c(OCc2ccccc2N(C)N)cn1.NNC=O. The molecule has 7 nitrogen and oxygen atoms in total. The number of aromatic nitrogens is 1. The topological polar surface area (TPSA) is 106 Å². The third kappa shape index (κ3) is 8.14. The lowest BCUT2D eigenvalue weighted by molar-refractivity contribution is -0.109. The number of anilines is 1. The molecule has 2 aromatic rings. The second-order valence-corrected chi connectivity index (χ2v) is 4.90. The van der Waals surface area contributed by atoms with E-state index in [0.717, 1.165) is 28.3 Å². The number of amides is 1. The van der Waals surface area contributed by atoms with E-state index in [9.17, 15) is 0 Å². The first-order valence-electron chi connectivity index (χ1n) is 8.01. The van der Waals surface area contributed by atoms with Crippen molar-refractivity contribution in [3.63, 3.8) is 0 Å². The van der Waals surface area contributed by atoms with Crippen LogP contribution in [-0.4, -0.2) is 18.4 Å². The van der Waals surface area contributed by atoms with Crippen molar-refractivity contribution in [2.45, 2.75) is 34.3 Å². The van der Waals surface area contributed by atoms with Gasteiger partial charge < -0.3 is 9.75 Å². The monoisotopic (exact) mass is 347 g/mol. The number of para-hydroxylation sites is 1. The van der Waals surface area contributed by atoms with E-state index < -0.39 is 0 Å². The van der Waals surface area contributed by atoms with E-state index in [0.29, 0.717) is 13.0 Å². The van der Waals surface area contributed by atoms with Crippen molar-refractivity contribution in [1.29, 1.82) is 0 Å². The molecule has 0 fully saturated rings. The number of ether oxygens (including phenoxy) is 1. The molecule has 0 spiro atoms. The number of carbonyl (C=O) groups is 1. The molecule has 0 saturated carbocycles. The first-order chi connectivity index (χ1) is 12.0. The fraction of sp³-hybridized carbons (Fsp3) is 0.333. The normalized spacial score (nSPS) is 8.92. The smallest absolute Gasteiger partial charge is 0.221 e. The zero-order chi connectivity index (χ0) is 19.2. The molecule has 0 aliphatic rings. The van der Waals surface area contributed by atoms with Crippen LogP contribution in [0.15, 0.2) is 36.5 Å². The molecular formula is C18H29N5O2. The zero-order valence-electron chi connectivity index (χ0n) is 15.6. The van der Waals surface area contributed by atoms with Crippen LogP contribution in [0.4, 0.5) is 5.69 Å². The Hall–Kier alpha value is -2.64. The molecule has 5 N–H and O–H groups in total. The molecule has 0 atom stereocenters. The summed E-state index contributed by atoms with van der Waals surface area (Å²) in [4.78, 5) is 13.2. The molecule has 1 heterocycles. The fourth-order valence-corrected chi connectivity index (χ4v) is 1.97. The lowest BCUT2D eigenvalue weighted by atomic mass is 10.2. The standard InChI is InChI=1S/C15H19N3O.C2H6.CH4N2O/c1-11-8-12(2)17-9-15(11)19-10-13-6-4-5-7-14(13)18(3)16;1-2;2-3-1-4/h4-9H,10,16H2,1-3H3;1-2H3;1H,2H2,(H,3,4). The second kappa shape index (κ2) is 12.7. The van der Waals surface area contributed by atoms with Gasteiger partial charge in [-0.05, 0) is 31.5 Å². The highest BCUT2D eigenvalue weighted by molar-refractivity contribution is 5.51. The van der Waals surface area contributed by atoms with Crippen molar-refractivity contribution >= 4 is 12.1 Å². The Bertz CT molecular complexity index is 633. The average Bonchev–Trinajstić information content (AvgIpc) is 2.63. The summed E-state index contributed by atoms with van der Waals surface area (Å²) in [7, 11) is 1.82. The maximum Gasteiger partial charge on any atom is 0.221 e. The number of rotatable bonds is 5. The molecule has 0 bridgehead atoms. The van der Waals surface area contributed by atoms with Gasteiger partial charge >= 0.3 is 0 Å². The highest BCUT2D eigenvalue weighted by atomic mass is 16.5. The molecule has 138 valence electrons. The van der Waals surface area contributed by atoms with Gasteiger partial charge in [0.25, 0.3) is 0 Å². The first kappa shape index (κ1) is 22.4. The van der Waals surface area contributed by atoms with Crippen molar-refractivity contribution in [1.82, 2.24) is 10.4 Å². The Morgan fingerprint density at radius 1 is 1.28 bits per heavy atom. The molecule has 0 saturated heterocycles. The van der Waals surface area contributed by atoms with Crippen LogP contribution in [0.25, 0.3) is 0 Å². The molecule has 1 aromatic heterocycles. The van der Waals surface area contributed by atoms with E-state index in [1.165, 1.54) is 0 Å². The third-order valence-corrected chi connectivity index (χ3v) is 3.02. The minimum absolute atomic E-state index is 0.403. The Labute approximate surface area is 149 Å². The summed E-state index contributed by atoms with van der Waals surface area (Å²) < 4.78 is 5.82. The van der Waals surface area contributed by atoms with Crippen LogP contribution < -0.4 is 26.9 Å². The predicted molar refractivity (Wildman–Crippen MR) is 102 cm³/mol. The number of benzene rings is 1. The minimum atomic E-state index is 0.403. The van der Waals surface area contributed by atoms with Gasteiger partial charge in [-0.1, -0.05) is 32.0 Å². The lowest BCUT2D eigenvalue weighted by Crippen LogP contribution is -2.26. The zero-order valence-corrected chi connectivity index (χ0v) is 15.6. The van der Waals surface area contributed by atoms with Crippen LogP contribution in [0.1, 0.15) is 30.7 Å². The van der Waals surface area contributed by atoms with Gasteiger partial charge in [-0.3, -0.25) is 15.2 Å². The number of hydrazine groups is 2. The van der Waals surface area contributed by atoms with E-state index in [1.807, 2.05) is 65.1 Å². The molecule has 25 heavy (non-hydrogen) atoms. The summed E-state index contributed by atoms with van der Waals surface area (Å²) in [6.07, 6.45) is 2.17. The number of nitrogens with one attached hydrogen (secondary N) is 1.